The second-order valence-corrected chi connectivity index (χ2v) is 10.6. The number of hydrogen-bond acceptors (Lipinski definition) is 4. The van der Waals surface area contributed by atoms with Crippen LogP contribution in [0.25, 0.3) is 77.2 Å². The maximum Gasteiger partial charge on any atom is 0.153 e. The Morgan fingerprint density at radius 2 is 1.23 bits per heavy atom. The van der Waals surface area contributed by atoms with Crippen LogP contribution in [-0.2, 0) is 0 Å². The first kappa shape index (κ1) is 23.3. The zero-order valence-electron chi connectivity index (χ0n) is 22.6. The Balaban J connectivity index is 1.40. The highest BCUT2D eigenvalue weighted by Crippen LogP contribution is 2.41. The summed E-state index contributed by atoms with van der Waals surface area (Å²) in [5.41, 5.74) is 6.47. The molecule has 0 saturated heterocycles. The molecule has 0 N–H and O–H groups in total. The molecule has 4 aromatic heterocycles. The quantitative estimate of drug-likeness (QED) is 0.215. The van der Waals surface area contributed by atoms with Gasteiger partial charge < -0.3 is 4.42 Å². The van der Waals surface area contributed by atoms with Gasteiger partial charge in [-0.25, -0.2) is 4.98 Å². The number of nitrogens with zero attached hydrogens (tertiary/aromatic N) is 5. The molecule has 4 heterocycles. The fraction of sp³-hybridized carbons (Fsp3) is 0. The van der Waals surface area contributed by atoms with Crippen molar-refractivity contribution in [2.75, 3.05) is 0 Å². The van der Waals surface area contributed by atoms with Crippen molar-refractivity contribution in [2.24, 2.45) is 0 Å². The van der Waals surface area contributed by atoms with E-state index in [2.05, 4.69) is 57.7 Å². The number of rotatable bonds is 2. The predicted octanol–water partition coefficient (Wildman–Crippen LogP) is 8.92. The van der Waals surface area contributed by atoms with Crippen molar-refractivity contribution < 1.29 is 4.42 Å². The fourth-order valence-corrected chi connectivity index (χ4v) is 6.61. The number of fused-ring (bicyclic) bond motifs is 10. The average Bonchev–Trinajstić information content (AvgIpc) is 3.72. The Hall–Kier alpha value is -6.37. The number of nitriles is 2. The number of aromatic nitrogens is 3. The van der Waals surface area contributed by atoms with Gasteiger partial charge in [0.2, 0.25) is 0 Å². The summed E-state index contributed by atoms with van der Waals surface area (Å²) in [6.45, 7) is 0. The van der Waals surface area contributed by atoms with Gasteiger partial charge in [0.15, 0.2) is 5.58 Å². The van der Waals surface area contributed by atoms with Gasteiger partial charge in [-0.15, -0.1) is 0 Å². The van der Waals surface area contributed by atoms with Crippen LogP contribution in [0, 0.1) is 22.7 Å². The lowest BCUT2D eigenvalue weighted by molar-refractivity contribution is 0.668. The summed E-state index contributed by atoms with van der Waals surface area (Å²) in [7, 11) is 0. The van der Waals surface area contributed by atoms with E-state index in [1.165, 1.54) is 0 Å². The van der Waals surface area contributed by atoms with Gasteiger partial charge in [-0.05, 0) is 60.7 Å². The lowest BCUT2D eigenvalue weighted by atomic mass is 10.1. The van der Waals surface area contributed by atoms with E-state index in [1.54, 1.807) is 6.07 Å². The summed E-state index contributed by atoms with van der Waals surface area (Å²) < 4.78 is 10.6. The molecule has 6 heteroatoms. The standard InChI is InChI=1S/C37H19N5O/c38-20-22-15-17-31-28(19-22)25-9-2-3-11-29(25)41(31)33-13-6-14-34(40-33)42-30-12-4-1-8-24(30)26-16-18-32-35(36(26)42)27-10-5-7-23(21-39)37(27)43-32/h1-19H. The molecular weight excluding hydrogens is 530 g/mol. The highest BCUT2D eigenvalue weighted by atomic mass is 16.3. The Kier molecular flexibility index (Phi) is 4.65. The second-order valence-electron chi connectivity index (χ2n) is 10.6. The smallest absolute Gasteiger partial charge is 0.153 e. The van der Waals surface area contributed by atoms with E-state index in [-0.39, 0.29) is 0 Å². The Labute approximate surface area is 244 Å². The molecule has 9 aromatic rings. The highest BCUT2D eigenvalue weighted by molar-refractivity contribution is 6.24. The van der Waals surface area contributed by atoms with Crippen molar-refractivity contribution in [3.63, 3.8) is 0 Å². The number of para-hydroxylation sites is 3. The van der Waals surface area contributed by atoms with Crippen molar-refractivity contribution in [3.05, 3.63) is 126 Å². The van der Waals surface area contributed by atoms with Crippen LogP contribution in [0.1, 0.15) is 11.1 Å². The topological polar surface area (TPSA) is 83.5 Å². The van der Waals surface area contributed by atoms with Gasteiger partial charge in [-0.2, -0.15) is 10.5 Å². The van der Waals surface area contributed by atoms with Crippen molar-refractivity contribution in [2.45, 2.75) is 0 Å². The van der Waals surface area contributed by atoms with E-state index in [9.17, 15) is 10.5 Å². The summed E-state index contributed by atoms with van der Waals surface area (Å²) in [4.78, 5) is 5.28. The molecule has 0 aliphatic carbocycles. The largest absolute Gasteiger partial charge is 0.455 e. The van der Waals surface area contributed by atoms with Gasteiger partial charge in [0.1, 0.15) is 23.3 Å². The van der Waals surface area contributed by atoms with E-state index < -0.39 is 0 Å². The maximum atomic E-state index is 9.78. The van der Waals surface area contributed by atoms with Gasteiger partial charge >= 0.3 is 0 Å². The predicted molar refractivity (Wildman–Crippen MR) is 170 cm³/mol. The summed E-state index contributed by atoms with van der Waals surface area (Å²) in [5, 5.41) is 25.5. The number of benzene rings is 5. The van der Waals surface area contributed by atoms with Crippen molar-refractivity contribution in [1.82, 2.24) is 14.1 Å². The van der Waals surface area contributed by atoms with Gasteiger partial charge in [0.25, 0.3) is 0 Å². The van der Waals surface area contributed by atoms with Crippen LogP contribution in [0.15, 0.2) is 120 Å². The molecule has 6 nitrogen and oxygen atoms in total. The third-order valence-corrected chi connectivity index (χ3v) is 8.39. The molecule has 0 radical (unpaired) electrons. The lowest BCUT2D eigenvalue weighted by Gasteiger charge is -2.12. The molecule has 0 amide bonds. The summed E-state index contributed by atoms with van der Waals surface area (Å²) in [5.74, 6) is 1.54. The molecule has 5 aromatic carbocycles. The average molecular weight is 550 g/mol. The minimum absolute atomic E-state index is 0.510. The van der Waals surface area contributed by atoms with Crippen LogP contribution < -0.4 is 0 Å². The Bertz CT molecular complexity index is 2710. The normalized spacial score (nSPS) is 11.7. The molecule has 0 spiro atoms. The van der Waals surface area contributed by atoms with Gasteiger partial charge in [-0.1, -0.05) is 54.6 Å². The van der Waals surface area contributed by atoms with Crippen molar-refractivity contribution >= 4 is 65.6 Å². The van der Waals surface area contributed by atoms with Gasteiger partial charge in [0, 0.05) is 26.9 Å². The summed E-state index contributed by atoms with van der Waals surface area (Å²) in [6, 6.07) is 42.8. The van der Waals surface area contributed by atoms with E-state index in [0.29, 0.717) is 16.7 Å². The molecule has 43 heavy (non-hydrogen) atoms. The first-order valence-corrected chi connectivity index (χ1v) is 13.9. The summed E-state index contributed by atoms with van der Waals surface area (Å²) >= 11 is 0. The molecule has 198 valence electrons. The number of pyridine rings is 1. The lowest BCUT2D eigenvalue weighted by Crippen LogP contribution is -2.03. The van der Waals surface area contributed by atoms with Crippen LogP contribution in [0.4, 0.5) is 0 Å². The Morgan fingerprint density at radius 3 is 2.02 bits per heavy atom. The fourth-order valence-electron chi connectivity index (χ4n) is 6.61. The molecule has 0 bridgehead atoms. The molecular formula is C37H19N5O. The van der Waals surface area contributed by atoms with Gasteiger partial charge in [0.05, 0.1) is 44.6 Å². The molecule has 9 rings (SSSR count). The van der Waals surface area contributed by atoms with Crippen molar-refractivity contribution in [1.29, 1.82) is 10.5 Å². The van der Waals surface area contributed by atoms with E-state index in [1.807, 2.05) is 72.8 Å². The Morgan fingerprint density at radius 1 is 0.558 bits per heavy atom. The van der Waals surface area contributed by atoms with E-state index >= 15 is 0 Å². The van der Waals surface area contributed by atoms with E-state index in [4.69, 9.17) is 9.40 Å². The zero-order valence-corrected chi connectivity index (χ0v) is 22.6. The summed E-state index contributed by atoms with van der Waals surface area (Å²) in [6.07, 6.45) is 0. The third-order valence-electron chi connectivity index (χ3n) is 8.39. The zero-order chi connectivity index (χ0) is 28.7. The molecule has 0 aliphatic rings. The molecule has 0 aliphatic heterocycles. The van der Waals surface area contributed by atoms with Crippen LogP contribution in [0.3, 0.4) is 0 Å². The first-order chi connectivity index (χ1) is 21.2. The maximum absolute atomic E-state index is 9.78. The minimum Gasteiger partial charge on any atom is -0.455 e. The molecule has 0 atom stereocenters. The van der Waals surface area contributed by atoms with Crippen LogP contribution in [-0.4, -0.2) is 14.1 Å². The minimum atomic E-state index is 0.510. The number of hydrogen-bond donors (Lipinski definition) is 0. The SMILES string of the molecule is N#Cc1ccc2c(c1)c1ccccc1n2-c1cccc(-n2c3ccccc3c3ccc4oc5c(C#N)cccc5c4c32)n1. The molecule has 0 saturated carbocycles. The third kappa shape index (κ3) is 3.12. The van der Waals surface area contributed by atoms with Crippen LogP contribution in [0.5, 0.6) is 0 Å². The van der Waals surface area contributed by atoms with Crippen LogP contribution in [0.2, 0.25) is 0 Å². The van der Waals surface area contributed by atoms with Crippen LogP contribution >= 0.6 is 0 Å². The molecule has 0 fully saturated rings. The first-order valence-electron chi connectivity index (χ1n) is 13.9. The van der Waals surface area contributed by atoms with Gasteiger partial charge in [-0.3, -0.25) is 9.13 Å². The highest BCUT2D eigenvalue weighted by Gasteiger charge is 2.21. The van der Waals surface area contributed by atoms with E-state index in [0.717, 1.165) is 71.6 Å². The molecule has 0 unspecified atom stereocenters. The monoisotopic (exact) mass is 549 g/mol. The second kappa shape index (κ2) is 8.57. The van der Waals surface area contributed by atoms with Crippen molar-refractivity contribution in [3.8, 4) is 23.8 Å². The number of furan rings is 1.